The lowest BCUT2D eigenvalue weighted by Crippen LogP contribution is -2.26. The van der Waals surface area contributed by atoms with Gasteiger partial charge in [0.25, 0.3) is 5.91 Å². The zero-order chi connectivity index (χ0) is 21.7. The standard InChI is InChI=1S/C24H29N3O3/c1-6-27-18(3)23(17(2)25-27)15-26(4)24(28)20-9-7-19(8-10-20)16-30-22-13-11-21(29-5)12-14-22/h7-14H,6,15-16H2,1-5H3. The maximum Gasteiger partial charge on any atom is 0.253 e. The molecule has 0 unspecified atom stereocenters. The third kappa shape index (κ3) is 4.82. The number of aromatic nitrogens is 2. The number of hydrogen-bond donors (Lipinski definition) is 0. The summed E-state index contributed by atoms with van der Waals surface area (Å²) in [6, 6.07) is 15.0. The molecular formula is C24H29N3O3. The molecule has 0 bridgehead atoms. The average Bonchev–Trinajstić information content (AvgIpc) is 3.05. The van der Waals surface area contributed by atoms with Crippen LogP contribution in [0.3, 0.4) is 0 Å². The summed E-state index contributed by atoms with van der Waals surface area (Å²) in [5.41, 5.74) is 4.85. The van der Waals surface area contributed by atoms with Gasteiger partial charge in [-0.2, -0.15) is 5.10 Å². The van der Waals surface area contributed by atoms with E-state index in [0.717, 1.165) is 40.6 Å². The van der Waals surface area contributed by atoms with Gasteiger partial charge in [-0.15, -0.1) is 0 Å². The number of carbonyl (C=O) groups is 1. The number of methoxy groups -OCH3 is 1. The summed E-state index contributed by atoms with van der Waals surface area (Å²) in [6.45, 7) is 7.91. The van der Waals surface area contributed by atoms with E-state index in [1.54, 1.807) is 12.0 Å². The zero-order valence-electron chi connectivity index (χ0n) is 18.3. The summed E-state index contributed by atoms with van der Waals surface area (Å²) in [6.07, 6.45) is 0. The van der Waals surface area contributed by atoms with Gasteiger partial charge in [0.1, 0.15) is 18.1 Å². The van der Waals surface area contributed by atoms with Crippen molar-refractivity contribution in [1.82, 2.24) is 14.7 Å². The first-order valence-corrected chi connectivity index (χ1v) is 10.1. The largest absolute Gasteiger partial charge is 0.497 e. The second kappa shape index (κ2) is 9.48. The van der Waals surface area contributed by atoms with Gasteiger partial charge in [-0.05, 0) is 62.7 Å². The summed E-state index contributed by atoms with van der Waals surface area (Å²) >= 11 is 0. The molecule has 1 aromatic heterocycles. The molecule has 0 atom stereocenters. The van der Waals surface area contributed by atoms with E-state index >= 15 is 0 Å². The van der Waals surface area contributed by atoms with Crippen molar-refractivity contribution in [3.8, 4) is 11.5 Å². The van der Waals surface area contributed by atoms with E-state index in [1.165, 1.54) is 0 Å². The predicted octanol–water partition coefficient (Wildman–Crippen LogP) is 4.38. The van der Waals surface area contributed by atoms with Crippen LogP contribution in [0.1, 0.15) is 39.8 Å². The van der Waals surface area contributed by atoms with Crippen molar-refractivity contribution in [3.05, 3.63) is 76.6 Å². The Morgan fingerprint density at radius 2 is 1.67 bits per heavy atom. The van der Waals surface area contributed by atoms with Crippen molar-refractivity contribution in [2.75, 3.05) is 14.2 Å². The Labute approximate surface area is 178 Å². The van der Waals surface area contributed by atoms with Gasteiger partial charge in [0.15, 0.2) is 0 Å². The highest BCUT2D eigenvalue weighted by molar-refractivity contribution is 5.94. The smallest absolute Gasteiger partial charge is 0.253 e. The van der Waals surface area contributed by atoms with Gasteiger partial charge >= 0.3 is 0 Å². The summed E-state index contributed by atoms with van der Waals surface area (Å²) < 4.78 is 12.9. The van der Waals surface area contributed by atoms with Gasteiger partial charge in [-0.25, -0.2) is 0 Å². The van der Waals surface area contributed by atoms with Crippen LogP contribution in [-0.2, 0) is 19.7 Å². The van der Waals surface area contributed by atoms with Crippen LogP contribution in [0.5, 0.6) is 11.5 Å². The topological polar surface area (TPSA) is 56.6 Å². The number of carbonyl (C=O) groups excluding carboxylic acids is 1. The van der Waals surface area contributed by atoms with Crippen LogP contribution in [0.25, 0.3) is 0 Å². The Hall–Kier alpha value is -3.28. The first kappa shape index (κ1) is 21.4. The lowest BCUT2D eigenvalue weighted by molar-refractivity contribution is 0.0784. The molecule has 6 nitrogen and oxygen atoms in total. The summed E-state index contributed by atoms with van der Waals surface area (Å²) in [5.74, 6) is 1.55. The van der Waals surface area contributed by atoms with Crippen molar-refractivity contribution in [1.29, 1.82) is 0 Å². The summed E-state index contributed by atoms with van der Waals surface area (Å²) in [4.78, 5) is 14.6. The Morgan fingerprint density at radius 3 is 2.23 bits per heavy atom. The fourth-order valence-electron chi connectivity index (χ4n) is 3.38. The number of ether oxygens (including phenoxy) is 2. The molecule has 0 spiro atoms. The molecule has 30 heavy (non-hydrogen) atoms. The molecular weight excluding hydrogens is 378 g/mol. The number of benzene rings is 2. The molecule has 0 aliphatic carbocycles. The van der Waals surface area contributed by atoms with E-state index < -0.39 is 0 Å². The minimum Gasteiger partial charge on any atom is -0.497 e. The highest BCUT2D eigenvalue weighted by Crippen LogP contribution is 2.19. The minimum absolute atomic E-state index is 0.0133. The summed E-state index contributed by atoms with van der Waals surface area (Å²) in [5, 5.41) is 4.54. The Kier molecular flexibility index (Phi) is 6.77. The Balaban J connectivity index is 1.60. The van der Waals surface area contributed by atoms with E-state index in [9.17, 15) is 4.79 Å². The second-order valence-electron chi connectivity index (χ2n) is 7.29. The maximum absolute atomic E-state index is 12.9. The maximum atomic E-state index is 12.9. The van der Waals surface area contributed by atoms with Crippen LogP contribution < -0.4 is 9.47 Å². The fraction of sp³-hybridized carbons (Fsp3) is 0.333. The summed E-state index contributed by atoms with van der Waals surface area (Å²) in [7, 11) is 3.46. The normalized spacial score (nSPS) is 10.7. The molecule has 1 heterocycles. The van der Waals surface area contributed by atoms with E-state index in [0.29, 0.717) is 18.7 Å². The highest BCUT2D eigenvalue weighted by Gasteiger charge is 2.17. The second-order valence-corrected chi connectivity index (χ2v) is 7.29. The van der Waals surface area contributed by atoms with Gasteiger partial charge in [0, 0.05) is 37.0 Å². The SMILES string of the molecule is CCn1nc(C)c(CN(C)C(=O)c2ccc(COc3ccc(OC)cc3)cc2)c1C. The van der Waals surface area contributed by atoms with Crippen LogP contribution >= 0.6 is 0 Å². The fourth-order valence-corrected chi connectivity index (χ4v) is 3.38. The third-order valence-corrected chi connectivity index (χ3v) is 5.24. The molecule has 0 aliphatic rings. The van der Waals surface area contributed by atoms with Crippen LogP contribution in [0.4, 0.5) is 0 Å². The molecule has 6 heteroatoms. The van der Waals surface area contributed by atoms with E-state index in [2.05, 4.69) is 18.9 Å². The number of nitrogens with zero attached hydrogens (tertiary/aromatic N) is 3. The van der Waals surface area contributed by atoms with Crippen LogP contribution in [0, 0.1) is 13.8 Å². The van der Waals surface area contributed by atoms with Gasteiger partial charge in [0.2, 0.25) is 0 Å². The van der Waals surface area contributed by atoms with Crippen molar-refractivity contribution >= 4 is 5.91 Å². The molecule has 0 radical (unpaired) electrons. The zero-order valence-corrected chi connectivity index (χ0v) is 18.3. The monoisotopic (exact) mass is 407 g/mol. The van der Waals surface area contributed by atoms with Crippen LogP contribution in [0.2, 0.25) is 0 Å². The van der Waals surface area contributed by atoms with Crippen molar-refractivity contribution in [3.63, 3.8) is 0 Å². The first-order chi connectivity index (χ1) is 14.4. The van der Waals surface area contributed by atoms with Crippen molar-refractivity contribution in [2.24, 2.45) is 0 Å². The molecule has 158 valence electrons. The van der Waals surface area contributed by atoms with Crippen molar-refractivity contribution < 1.29 is 14.3 Å². The van der Waals surface area contributed by atoms with Gasteiger partial charge < -0.3 is 14.4 Å². The molecule has 1 amide bonds. The molecule has 0 N–H and O–H groups in total. The van der Waals surface area contributed by atoms with Crippen molar-refractivity contribution in [2.45, 2.75) is 40.5 Å². The number of aryl methyl sites for hydroxylation is 2. The molecule has 0 fully saturated rings. The molecule has 0 saturated heterocycles. The van der Waals surface area contributed by atoms with Gasteiger partial charge in [-0.3, -0.25) is 9.48 Å². The number of rotatable bonds is 8. The van der Waals surface area contributed by atoms with E-state index in [-0.39, 0.29) is 5.91 Å². The van der Waals surface area contributed by atoms with E-state index in [4.69, 9.17) is 9.47 Å². The molecule has 3 rings (SSSR count). The first-order valence-electron chi connectivity index (χ1n) is 10.1. The third-order valence-electron chi connectivity index (χ3n) is 5.24. The molecule has 0 saturated carbocycles. The number of hydrogen-bond acceptors (Lipinski definition) is 4. The highest BCUT2D eigenvalue weighted by atomic mass is 16.5. The number of amides is 1. The lowest BCUT2D eigenvalue weighted by atomic mass is 10.1. The molecule has 3 aromatic rings. The van der Waals surface area contributed by atoms with E-state index in [1.807, 2.05) is 67.2 Å². The molecule has 0 aliphatic heterocycles. The Morgan fingerprint density at radius 1 is 1.03 bits per heavy atom. The van der Waals surface area contributed by atoms with Gasteiger partial charge in [0.05, 0.1) is 12.8 Å². The van der Waals surface area contributed by atoms with Crippen LogP contribution in [0.15, 0.2) is 48.5 Å². The average molecular weight is 408 g/mol. The minimum atomic E-state index is -0.0133. The lowest BCUT2D eigenvalue weighted by Gasteiger charge is -2.18. The predicted molar refractivity (Wildman–Crippen MR) is 117 cm³/mol. The Bertz CT molecular complexity index is 992. The quantitative estimate of drug-likeness (QED) is 0.556. The van der Waals surface area contributed by atoms with Crippen LogP contribution in [-0.4, -0.2) is 34.7 Å². The molecule has 2 aromatic carbocycles. The van der Waals surface area contributed by atoms with Gasteiger partial charge in [-0.1, -0.05) is 12.1 Å².